The van der Waals surface area contributed by atoms with Gasteiger partial charge in [0.25, 0.3) is 0 Å². The molecule has 0 radical (unpaired) electrons. The fourth-order valence-electron chi connectivity index (χ4n) is 2.87. The zero-order valence-corrected chi connectivity index (χ0v) is 14.3. The largest absolute Gasteiger partial charge is 0.403 e. The minimum absolute atomic E-state index is 0.103. The predicted octanol–water partition coefficient (Wildman–Crippen LogP) is 4.38. The molecule has 4 rings (SSSR count). The molecule has 1 N–H and O–H groups in total. The minimum Gasteiger partial charge on any atom is -0.403 e. The molecule has 3 aromatic carbocycles. The Hall–Kier alpha value is -3.47. The molecule has 0 atom stereocenters. The van der Waals surface area contributed by atoms with Gasteiger partial charge in [0.1, 0.15) is 0 Å². The highest BCUT2D eigenvalue weighted by Crippen LogP contribution is 2.21. The van der Waals surface area contributed by atoms with E-state index in [9.17, 15) is 4.79 Å². The quantitative estimate of drug-likeness (QED) is 0.597. The van der Waals surface area contributed by atoms with E-state index in [2.05, 4.69) is 15.5 Å². The van der Waals surface area contributed by atoms with Crippen molar-refractivity contribution in [3.05, 3.63) is 77.9 Å². The van der Waals surface area contributed by atoms with Gasteiger partial charge in [-0.25, -0.2) is 0 Å². The Balaban J connectivity index is 1.49. The topological polar surface area (TPSA) is 68.0 Å². The molecule has 128 valence electrons. The van der Waals surface area contributed by atoms with Crippen LogP contribution in [0.1, 0.15) is 11.1 Å². The molecular formula is C21H17N3O2. The van der Waals surface area contributed by atoms with E-state index in [0.29, 0.717) is 5.89 Å². The van der Waals surface area contributed by atoms with Gasteiger partial charge in [-0.05, 0) is 35.4 Å². The number of rotatable bonds is 4. The number of benzene rings is 3. The number of fused-ring (bicyclic) bond motifs is 1. The highest BCUT2D eigenvalue weighted by atomic mass is 16.4. The molecule has 5 heteroatoms. The molecule has 1 aromatic heterocycles. The maximum absolute atomic E-state index is 12.4. The van der Waals surface area contributed by atoms with E-state index < -0.39 is 0 Å². The first kappa shape index (κ1) is 16.0. The zero-order valence-electron chi connectivity index (χ0n) is 14.3. The molecule has 0 aliphatic heterocycles. The zero-order chi connectivity index (χ0) is 17.9. The Morgan fingerprint density at radius 2 is 1.73 bits per heavy atom. The van der Waals surface area contributed by atoms with Crippen LogP contribution in [0.5, 0.6) is 0 Å². The van der Waals surface area contributed by atoms with Gasteiger partial charge in [0.05, 0.1) is 6.42 Å². The fraction of sp³-hybridized carbons (Fsp3) is 0.0952. The van der Waals surface area contributed by atoms with Crippen molar-refractivity contribution in [2.75, 3.05) is 5.32 Å². The van der Waals surface area contributed by atoms with Gasteiger partial charge in [-0.15, -0.1) is 5.10 Å². The van der Waals surface area contributed by atoms with E-state index in [-0.39, 0.29) is 18.3 Å². The van der Waals surface area contributed by atoms with E-state index >= 15 is 0 Å². The van der Waals surface area contributed by atoms with Gasteiger partial charge in [-0.3, -0.25) is 10.1 Å². The molecule has 0 saturated carbocycles. The number of hydrogen-bond donors (Lipinski definition) is 1. The van der Waals surface area contributed by atoms with Crippen molar-refractivity contribution in [3.8, 4) is 11.5 Å². The SMILES string of the molecule is Cc1ccc(-c2nnc(NC(=O)Cc3cccc4ccccc34)o2)cc1. The van der Waals surface area contributed by atoms with Crippen molar-refractivity contribution < 1.29 is 9.21 Å². The summed E-state index contributed by atoms with van der Waals surface area (Å²) in [6.45, 7) is 2.01. The van der Waals surface area contributed by atoms with E-state index in [1.54, 1.807) is 0 Å². The first-order chi connectivity index (χ1) is 12.7. The number of aromatic nitrogens is 2. The van der Waals surface area contributed by atoms with E-state index in [1.165, 1.54) is 0 Å². The van der Waals surface area contributed by atoms with Gasteiger partial charge in [0, 0.05) is 5.56 Å². The monoisotopic (exact) mass is 343 g/mol. The average Bonchev–Trinajstić information content (AvgIpc) is 3.11. The molecule has 0 aliphatic carbocycles. The molecule has 1 heterocycles. The van der Waals surface area contributed by atoms with Crippen molar-refractivity contribution in [1.82, 2.24) is 10.2 Å². The lowest BCUT2D eigenvalue weighted by Gasteiger charge is -2.05. The molecular weight excluding hydrogens is 326 g/mol. The normalized spacial score (nSPS) is 10.8. The number of amides is 1. The third-order valence-corrected chi connectivity index (χ3v) is 4.20. The first-order valence-electron chi connectivity index (χ1n) is 8.36. The van der Waals surface area contributed by atoms with Crippen LogP contribution < -0.4 is 5.32 Å². The van der Waals surface area contributed by atoms with Crippen LogP contribution in [-0.2, 0) is 11.2 Å². The summed E-state index contributed by atoms with van der Waals surface area (Å²) in [4.78, 5) is 12.4. The number of carbonyl (C=O) groups is 1. The van der Waals surface area contributed by atoms with E-state index in [4.69, 9.17) is 4.42 Å². The third kappa shape index (κ3) is 3.32. The summed E-state index contributed by atoms with van der Waals surface area (Å²) in [5.41, 5.74) is 2.92. The molecule has 0 aliphatic rings. The molecule has 4 aromatic rings. The fourth-order valence-corrected chi connectivity index (χ4v) is 2.87. The summed E-state index contributed by atoms with van der Waals surface area (Å²) < 4.78 is 5.55. The van der Waals surface area contributed by atoms with Crippen LogP contribution in [-0.4, -0.2) is 16.1 Å². The first-order valence-corrected chi connectivity index (χ1v) is 8.36. The maximum atomic E-state index is 12.4. The maximum Gasteiger partial charge on any atom is 0.322 e. The molecule has 0 spiro atoms. The average molecular weight is 343 g/mol. The Labute approximate surface area is 150 Å². The summed E-state index contributed by atoms with van der Waals surface area (Å²) >= 11 is 0. The highest BCUT2D eigenvalue weighted by Gasteiger charge is 2.12. The Kier molecular flexibility index (Phi) is 4.19. The third-order valence-electron chi connectivity index (χ3n) is 4.20. The van der Waals surface area contributed by atoms with Crippen molar-refractivity contribution in [1.29, 1.82) is 0 Å². The molecule has 5 nitrogen and oxygen atoms in total. The van der Waals surface area contributed by atoms with Crippen LogP contribution in [0.15, 0.2) is 71.1 Å². The molecule has 0 saturated heterocycles. The number of anilines is 1. The van der Waals surface area contributed by atoms with Gasteiger partial charge < -0.3 is 4.42 Å². The van der Waals surface area contributed by atoms with Gasteiger partial charge in [0.2, 0.25) is 11.8 Å². The van der Waals surface area contributed by atoms with E-state index in [0.717, 1.165) is 27.5 Å². The van der Waals surface area contributed by atoms with Gasteiger partial charge in [-0.2, -0.15) is 0 Å². The van der Waals surface area contributed by atoms with Crippen LogP contribution in [0.25, 0.3) is 22.2 Å². The number of carbonyl (C=O) groups excluding carboxylic acids is 1. The number of hydrogen-bond acceptors (Lipinski definition) is 4. The Bertz CT molecular complexity index is 1060. The molecule has 0 bridgehead atoms. The standard InChI is InChI=1S/C21H17N3O2/c1-14-9-11-16(12-10-14)20-23-24-21(26-20)22-19(25)13-17-7-4-6-15-5-2-3-8-18(15)17/h2-12H,13H2,1H3,(H,22,24,25). The summed E-state index contributed by atoms with van der Waals surface area (Å²) in [6.07, 6.45) is 0.240. The number of nitrogens with zero attached hydrogens (tertiary/aromatic N) is 2. The minimum atomic E-state index is -0.194. The van der Waals surface area contributed by atoms with Gasteiger partial charge in [-0.1, -0.05) is 65.3 Å². The molecule has 0 unspecified atom stereocenters. The molecule has 0 fully saturated rings. The summed E-state index contributed by atoms with van der Waals surface area (Å²) in [5.74, 6) is 0.186. The second-order valence-electron chi connectivity index (χ2n) is 6.14. The number of aryl methyl sites for hydroxylation is 1. The van der Waals surface area contributed by atoms with Gasteiger partial charge >= 0.3 is 6.01 Å². The van der Waals surface area contributed by atoms with Crippen LogP contribution in [0.3, 0.4) is 0 Å². The molecule has 26 heavy (non-hydrogen) atoms. The van der Waals surface area contributed by atoms with Crippen molar-refractivity contribution >= 4 is 22.7 Å². The van der Waals surface area contributed by atoms with Crippen molar-refractivity contribution in [2.45, 2.75) is 13.3 Å². The lowest BCUT2D eigenvalue weighted by Crippen LogP contribution is -2.14. The van der Waals surface area contributed by atoms with Crippen LogP contribution in [0.4, 0.5) is 6.01 Å². The molecule has 1 amide bonds. The Morgan fingerprint density at radius 1 is 0.962 bits per heavy atom. The summed E-state index contributed by atoms with van der Waals surface area (Å²) in [6, 6.07) is 21.8. The van der Waals surface area contributed by atoms with Crippen molar-refractivity contribution in [2.24, 2.45) is 0 Å². The predicted molar refractivity (Wildman–Crippen MR) is 101 cm³/mol. The second-order valence-corrected chi connectivity index (χ2v) is 6.14. The van der Waals surface area contributed by atoms with E-state index in [1.807, 2.05) is 73.7 Å². The van der Waals surface area contributed by atoms with Crippen LogP contribution >= 0.6 is 0 Å². The highest BCUT2D eigenvalue weighted by molar-refractivity contribution is 5.95. The summed E-state index contributed by atoms with van der Waals surface area (Å²) in [7, 11) is 0. The Morgan fingerprint density at radius 3 is 2.58 bits per heavy atom. The lowest BCUT2D eigenvalue weighted by atomic mass is 10.0. The second kappa shape index (κ2) is 6.80. The number of nitrogens with one attached hydrogen (secondary N) is 1. The smallest absolute Gasteiger partial charge is 0.322 e. The van der Waals surface area contributed by atoms with Crippen molar-refractivity contribution in [3.63, 3.8) is 0 Å². The van der Waals surface area contributed by atoms with Crippen LogP contribution in [0, 0.1) is 6.92 Å². The lowest BCUT2D eigenvalue weighted by molar-refractivity contribution is -0.115. The summed E-state index contributed by atoms with van der Waals surface area (Å²) in [5, 5.41) is 12.8. The van der Waals surface area contributed by atoms with Crippen LogP contribution in [0.2, 0.25) is 0 Å². The van der Waals surface area contributed by atoms with Gasteiger partial charge in [0.15, 0.2) is 0 Å².